The summed E-state index contributed by atoms with van der Waals surface area (Å²) in [5, 5.41) is 7.76. The molecule has 2 heterocycles. The van der Waals surface area contributed by atoms with Gasteiger partial charge in [0, 0.05) is 29.8 Å². The van der Waals surface area contributed by atoms with Crippen LogP contribution < -0.4 is 15.4 Å². The van der Waals surface area contributed by atoms with Gasteiger partial charge in [0.15, 0.2) is 0 Å². The van der Waals surface area contributed by atoms with E-state index in [4.69, 9.17) is 20.6 Å². The average molecular weight is 507 g/mol. The van der Waals surface area contributed by atoms with Gasteiger partial charge in [0.1, 0.15) is 11.6 Å². The molecule has 4 rings (SSSR count). The Hall–Kier alpha value is -3.39. The van der Waals surface area contributed by atoms with E-state index in [2.05, 4.69) is 18.7 Å². The highest BCUT2D eigenvalue weighted by Gasteiger charge is 2.36. The van der Waals surface area contributed by atoms with Gasteiger partial charge < -0.3 is 20.1 Å². The zero-order valence-electron chi connectivity index (χ0n) is 22.0. The summed E-state index contributed by atoms with van der Waals surface area (Å²) in [6.45, 7) is 6.23. The number of nitrogens with two attached hydrogens (primary N) is 1. The molecule has 3 atom stereocenters. The van der Waals surface area contributed by atoms with Gasteiger partial charge in [-0.15, -0.1) is 0 Å². The molecule has 198 valence electrons. The first-order valence-corrected chi connectivity index (χ1v) is 13.2. The number of carbonyl (C=O) groups excluding carboxylic acids is 2. The Morgan fingerprint density at radius 2 is 1.78 bits per heavy atom. The molecule has 0 bridgehead atoms. The number of carbonyl (C=O) groups is 2. The fraction of sp³-hybridized carbons (Fsp3) is 0.483. The molecule has 8 heteroatoms. The lowest BCUT2D eigenvalue weighted by Gasteiger charge is -2.39. The Balaban J connectivity index is 1.51. The van der Waals surface area contributed by atoms with Crippen molar-refractivity contribution in [2.24, 2.45) is 5.73 Å². The number of unbranched alkanes of at least 4 members (excludes halogenated alkanes) is 2. The number of nitrogen functional groups attached to an aromatic ring is 1. The quantitative estimate of drug-likeness (QED) is 0.222. The maximum absolute atomic E-state index is 13.7. The molecule has 0 spiro atoms. The van der Waals surface area contributed by atoms with Crippen molar-refractivity contribution in [1.82, 2.24) is 4.90 Å². The summed E-state index contributed by atoms with van der Waals surface area (Å²) in [5.41, 5.74) is 7.79. The second-order valence-corrected chi connectivity index (χ2v) is 10.1. The van der Waals surface area contributed by atoms with Crippen LogP contribution in [0.25, 0.3) is 0 Å². The standard InChI is InChI=1S/C29H38N4O4/c1-19-9-7-10-20(2)32(19)15-5-4-6-16-33-24-18-23(29(35)36-3)13-14-25(24)37-26(28(33)34)21-11-8-12-22(17-21)27(30)31/h8,11-14,17-20,26H,4-7,9-10,15-16H2,1-3H3,(H3,30,31). The first kappa shape index (κ1) is 26.7. The summed E-state index contributed by atoms with van der Waals surface area (Å²) < 4.78 is 11.0. The molecule has 1 saturated heterocycles. The number of hydrogen-bond acceptors (Lipinski definition) is 6. The molecule has 0 radical (unpaired) electrons. The number of amides is 1. The number of rotatable bonds is 9. The van der Waals surface area contributed by atoms with E-state index in [0.717, 1.165) is 25.8 Å². The second kappa shape index (κ2) is 11.8. The number of amidine groups is 1. The minimum atomic E-state index is -0.856. The van der Waals surface area contributed by atoms with Crippen molar-refractivity contribution in [1.29, 1.82) is 5.41 Å². The number of nitrogens with zero attached hydrogens (tertiary/aromatic N) is 2. The van der Waals surface area contributed by atoms with Crippen molar-refractivity contribution in [2.45, 2.75) is 70.6 Å². The van der Waals surface area contributed by atoms with Gasteiger partial charge >= 0.3 is 5.97 Å². The predicted molar refractivity (Wildman–Crippen MR) is 144 cm³/mol. The first-order valence-electron chi connectivity index (χ1n) is 13.2. The van der Waals surface area contributed by atoms with Gasteiger partial charge in [0.05, 0.1) is 18.4 Å². The SMILES string of the molecule is COC(=O)c1ccc2c(c1)N(CCCCCN1C(C)CCCC1C)C(=O)C(c1cccc(C(=N)N)c1)O2. The highest BCUT2D eigenvalue weighted by atomic mass is 16.5. The Morgan fingerprint density at radius 1 is 1.05 bits per heavy atom. The fourth-order valence-corrected chi connectivity index (χ4v) is 5.48. The molecule has 8 nitrogen and oxygen atoms in total. The number of hydrogen-bond donors (Lipinski definition) is 2. The van der Waals surface area contributed by atoms with Crippen LogP contribution in [0.15, 0.2) is 42.5 Å². The van der Waals surface area contributed by atoms with Crippen LogP contribution in [-0.4, -0.2) is 54.9 Å². The first-order chi connectivity index (χ1) is 17.8. The molecular weight excluding hydrogens is 468 g/mol. The lowest BCUT2D eigenvalue weighted by molar-refractivity contribution is -0.126. The number of methoxy groups -OCH3 is 1. The number of benzene rings is 2. The average Bonchev–Trinajstić information content (AvgIpc) is 2.90. The maximum atomic E-state index is 13.7. The Kier molecular flexibility index (Phi) is 8.48. The Labute approximate surface area is 219 Å². The summed E-state index contributed by atoms with van der Waals surface area (Å²) in [4.78, 5) is 30.2. The normalized spacial score (nSPS) is 21.8. The van der Waals surface area contributed by atoms with E-state index in [1.807, 2.05) is 6.07 Å². The molecule has 37 heavy (non-hydrogen) atoms. The molecule has 3 N–H and O–H groups in total. The molecule has 0 aromatic heterocycles. The summed E-state index contributed by atoms with van der Waals surface area (Å²) in [5.74, 6) is -0.200. The van der Waals surface area contributed by atoms with Crippen LogP contribution in [-0.2, 0) is 9.53 Å². The van der Waals surface area contributed by atoms with Crippen LogP contribution in [0.3, 0.4) is 0 Å². The Morgan fingerprint density at radius 3 is 2.49 bits per heavy atom. The van der Waals surface area contributed by atoms with Gasteiger partial charge in [-0.05, 0) is 70.3 Å². The van der Waals surface area contributed by atoms with E-state index in [0.29, 0.717) is 46.8 Å². The molecule has 3 unspecified atom stereocenters. The topological polar surface area (TPSA) is 109 Å². The third-order valence-corrected chi connectivity index (χ3v) is 7.58. The number of nitrogens with one attached hydrogen (secondary N) is 1. The number of likely N-dealkylation sites (tertiary alicyclic amines) is 1. The third kappa shape index (κ3) is 5.96. The molecule has 1 fully saturated rings. The summed E-state index contributed by atoms with van der Waals surface area (Å²) in [7, 11) is 1.34. The molecule has 2 aromatic rings. The van der Waals surface area contributed by atoms with Crippen LogP contribution in [0.2, 0.25) is 0 Å². The monoisotopic (exact) mass is 506 g/mol. The fourth-order valence-electron chi connectivity index (χ4n) is 5.48. The highest BCUT2D eigenvalue weighted by molar-refractivity contribution is 6.02. The molecule has 2 aliphatic rings. The molecule has 0 saturated carbocycles. The number of fused-ring (bicyclic) bond motifs is 1. The summed E-state index contributed by atoms with van der Waals surface area (Å²) in [6, 6.07) is 13.3. The van der Waals surface area contributed by atoms with Crippen LogP contribution in [0.5, 0.6) is 5.75 Å². The van der Waals surface area contributed by atoms with Crippen molar-refractivity contribution in [3.63, 3.8) is 0 Å². The molecule has 0 aliphatic carbocycles. The lowest BCUT2D eigenvalue weighted by Crippen LogP contribution is -2.44. The van der Waals surface area contributed by atoms with Crippen molar-refractivity contribution < 1.29 is 19.1 Å². The van der Waals surface area contributed by atoms with Crippen LogP contribution in [0.4, 0.5) is 5.69 Å². The van der Waals surface area contributed by atoms with E-state index in [1.165, 1.54) is 26.4 Å². The predicted octanol–water partition coefficient (Wildman–Crippen LogP) is 4.66. The van der Waals surface area contributed by atoms with Crippen molar-refractivity contribution in [3.05, 3.63) is 59.2 Å². The van der Waals surface area contributed by atoms with E-state index in [9.17, 15) is 9.59 Å². The van der Waals surface area contributed by atoms with E-state index >= 15 is 0 Å². The second-order valence-electron chi connectivity index (χ2n) is 10.1. The van der Waals surface area contributed by atoms with Gasteiger partial charge in [-0.2, -0.15) is 0 Å². The highest BCUT2D eigenvalue weighted by Crippen LogP contribution is 2.40. The largest absolute Gasteiger partial charge is 0.474 e. The molecule has 1 amide bonds. The van der Waals surface area contributed by atoms with Crippen LogP contribution >= 0.6 is 0 Å². The zero-order chi connectivity index (χ0) is 26.5. The van der Waals surface area contributed by atoms with Gasteiger partial charge in [-0.1, -0.05) is 31.0 Å². The number of esters is 1. The lowest BCUT2D eigenvalue weighted by atomic mass is 9.97. The van der Waals surface area contributed by atoms with Crippen LogP contribution in [0, 0.1) is 5.41 Å². The summed E-state index contributed by atoms with van der Waals surface area (Å²) in [6.07, 6.45) is 5.89. The van der Waals surface area contributed by atoms with E-state index in [1.54, 1.807) is 41.3 Å². The van der Waals surface area contributed by atoms with Crippen molar-refractivity contribution >= 4 is 23.4 Å². The van der Waals surface area contributed by atoms with Gasteiger partial charge in [-0.25, -0.2) is 4.79 Å². The van der Waals surface area contributed by atoms with Crippen molar-refractivity contribution in [2.75, 3.05) is 25.1 Å². The van der Waals surface area contributed by atoms with E-state index < -0.39 is 12.1 Å². The third-order valence-electron chi connectivity index (χ3n) is 7.58. The van der Waals surface area contributed by atoms with E-state index in [-0.39, 0.29) is 11.7 Å². The van der Waals surface area contributed by atoms with Gasteiger partial charge in [0.25, 0.3) is 5.91 Å². The maximum Gasteiger partial charge on any atom is 0.337 e. The molecule has 2 aliphatic heterocycles. The zero-order valence-corrected chi connectivity index (χ0v) is 22.0. The molecule has 2 aromatic carbocycles. The van der Waals surface area contributed by atoms with Gasteiger partial charge in [-0.3, -0.25) is 15.1 Å². The number of piperidine rings is 1. The number of ether oxygens (including phenoxy) is 2. The minimum Gasteiger partial charge on any atom is -0.474 e. The number of anilines is 1. The van der Waals surface area contributed by atoms with Gasteiger partial charge in [0.2, 0.25) is 6.10 Å². The van der Waals surface area contributed by atoms with Crippen molar-refractivity contribution in [3.8, 4) is 5.75 Å². The Bertz CT molecular complexity index is 1140. The molecular formula is C29H38N4O4. The summed E-state index contributed by atoms with van der Waals surface area (Å²) >= 11 is 0. The smallest absolute Gasteiger partial charge is 0.337 e. The minimum absolute atomic E-state index is 0.0672. The van der Waals surface area contributed by atoms with Crippen LogP contribution in [0.1, 0.15) is 80.0 Å².